The molecular formula is C25H26N2O3. The van der Waals surface area contributed by atoms with E-state index in [0.29, 0.717) is 23.8 Å². The molecule has 1 saturated carbocycles. The van der Waals surface area contributed by atoms with Crippen LogP contribution in [0.1, 0.15) is 46.3 Å². The molecule has 4 rings (SSSR count). The van der Waals surface area contributed by atoms with E-state index >= 15 is 0 Å². The summed E-state index contributed by atoms with van der Waals surface area (Å²) in [7, 11) is 1.52. The van der Waals surface area contributed by atoms with Gasteiger partial charge in [0, 0.05) is 18.2 Å². The molecule has 0 spiro atoms. The van der Waals surface area contributed by atoms with E-state index in [2.05, 4.69) is 4.98 Å². The van der Waals surface area contributed by atoms with Gasteiger partial charge in [-0.25, -0.2) is 4.98 Å². The van der Waals surface area contributed by atoms with Gasteiger partial charge in [-0.3, -0.25) is 4.79 Å². The lowest BCUT2D eigenvalue weighted by Crippen LogP contribution is -2.43. The first-order valence-corrected chi connectivity index (χ1v) is 10.2. The van der Waals surface area contributed by atoms with E-state index < -0.39 is 0 Å². The number of Topliss-reactive ketones (excluding diaryl/α,β-unsaturated/α-hetero) is 1. The quantitative estimate of drug-likeness (QED) is 0.564. The van der Waals surface area contributed by atoms with Crippen LogP contribution in [0.4, 0.5) is 0 Å². The number of pyridine rings is 1. The monoisotopic (exact) mass is 402 g/mol. The molecule has 154 valence electrons. The van der Waals surface area contributed by atoms with Gasteiger partial charge in [0.25, 0.3) is 5.88 Å². The molecule has 3 aromatic rings. The van der Waals surface area contributed by atoms with Gasteiger partial charge in [-0.15, -0.1) is 0 Å². The fraction of sp³-hybridized carbons (Fsp3) is 0.280. The molecule has 5 nitrogen and oxygen atoms in total. The zero-order valence-electron chi connectivity index (χ0n) is 17.1. The van der Waals surface area contributed by atoms with Crippen molar-refractivity contribution in [2.45, 2.75) is 37.8 Å². The van der Waals surface area contributed by atoms with Crippen LogP contribution < -0.4 is 15.2 Å². The predicted molar refractivity (Wildman–Crippen MR) is 116 cm³/mol. The molecule has 0 bridgehead atoms. The average molecular weight is 402 g/mol. The maximum absolute atomic E-state index is 13.1. The molecule has 0 saturated heterocycles. The van der Waals surface area contributed by atoms with Gasteiger partial charge in [0.1, 0.15) is 6.61 Å². The number of rotatable bonds is 8. The van der Waals surface area contributed by atoms with Crippen molar-refractivity contribution in [3.05, 3.63) is 89.1 Å². The van der Waals surface area contributed by atoms with Crippen LogP contribution in [0.2, 0.25) is 0 Å². The van der Waals surface area contributed by atoms with Crippen molar-refractivity contribution in [2.75, 3.05) is 7.11 Å². The first-order chi connectivity index (χ1) is 14.6. The molecule has 2 N–H and O–H groups in total. The molecule has 30 heavy (non-hydrogen) atoms. The number of ketones is 1. The second kappa shape index (κ2) is 8.67. The summed E-state index contributed by atoms with van der Waals surface area (Å²) in [6.07, 6.45) is 5.05. The Labute approximate surface area is 176 Å². The number of nitrogens with zero attached hydrogens (tertiary/aromatic N) is 1. The number of carbonyl (C=O) groups is 1. The minimum atomic E-state index is -0.195. The lowest BCUT2D eigenvalue weighted by Gasteiger charge is -2.38. The SMILES string of the molecule is COc1nccc(C(=O)Cc2ccc(C3(N)CCC3)cc2)c1OCc1ccccc1. The summed E-state index contributed by atoms with van der Waals surface area (Å²) in [6.45, 7) is 0.330. The highest BCUT2D eigenvalue weighted by Crippen LogP contribution is 2.38. The fourth-order valence-electron chi connectivity index (χ4n) is 3.74. The Kier molecular flexibility index (Phi) is 5.81. The number of carbonyl (C=O) groups excluding carboxylic acids is 1. The van der Waals surface area contributed by atoms with E-state index in [-0.39, 0.29) is 17.7 Å². The van der Waals surface area contributed by atoms with Crippen LogP contribution in [0.25, 0.3) is 0 Å². The zero-order chi connectivity index (χ0) is 21.0. The molecule has 1 fully saturated rings. The van der Waals surface area contributed by atoms with Crippen molar-refractivity contribution in [1.29, 1.82) is 0 Å². The predicted octanol–water partition coefficient (Wildman–Crippen LogP) is 4.43. The standard InChI is InChI=1S/C25H26N2O3/c1-29-24-23(30-17-19-6-3-2-4-7-19)21(12-15-27-24)22(28)16-18-8-10-20(11-9-18)25(26)13-5-14-25/h2-4,6-12,15H,5,13-14,16-17,26H2,1H3. The Morgan fingerprint density at radius 2 is 1.77 bits per heavy atom. The normalized spacial score (nSPS) is 14.6. The van der Waals surface area contributed by atoms with Gasteiger partial charge in [-0.05, 0) is 42.0 Å². The topological polar surface area (TPSA) is 74.4 Å². The second-order valence-corrected chi connectivity index (χ2v) is 7.78. The second-order valence-electron chi connectivity index (χ2n) is 7.78. The van der Waals surface area contributed by atoms with Crippen molar-refractivity contribution in [3.63, 3.8) is 0 Å². The zero-order valence-corrected chi connectivity index (χ0v) is 17.1. The van der Waals surface area contributed by atoms with Gasteiger partial charge in [-0.1, -0.05) is 54.6 Å². The van der Waals surface area contributed by atoms with Gasteiger partial charge in [0.15, 0.2) is 11.5 Å². The number of ether oxygens (including phenoxy) is 2. The van der Waals surface area contributed by atoms with Gasteiger partial charge < -0.3 is 15.2 Å². The molecule has 0 atom stereocenters. The molecule has 1 aliphatic rings. The molecular weight excluding hydrogens is 376 g/mol. The van der Waals surface area contributed by atoms with E-state index in [1.165, 1.54) is 13.5 Å². The van der Waals surface area contributed by atoms with Crippen molar-refractivity contribution in [3.8, 4) is 11.6 Å². The third-order valence-electron chi connectivity index (χ3n) is 5.73. The molecule has 1 aromatic heterocycles. The number of hydrogen-bond donors (Lipinski definition) is 1. The lowest BCUT2D eigenvalue weighted by atomic mass is 9.72. The fourth-order valence-corrected chi connectivity index (χ4v) is 3.74. The molecule has 0 aliphatic heterocycles. The Morgan fingerprint density at radius 3 is 2.40 bits per heavy atom. The third-order valence-corrected chi connectivity index (χ3v) is 5.73. The van der Waals surface area contributed by atoms with Gasteiger partial charge >= 0.3 is 0 Å². The number of methoxy groups -OCH3 is 1. The minimum absolute atomic E-state index is 0.0439. The highest BCUT2D eigenvalue weighted by atomic mass is 16.5. The molecule has 5 heteroatoms. The number of hydrogen-bond acceptors (Lipinski definition) is 5. The average Bonchev–Trinajstić information content (AvgIpc) is 2.77. The summed E-state index contributed by atoms with van der Waals surface area (Å²) in [5.41, 5.74) is 9.76. The first kappa shape index (κ1) is 20.1. The van der Waals surface area contributed by atoms with E-state index in [0.717, 1.165) is 29.5 Å². The van der Waals surface area contributed by atoms with Gasteiger partial charge in [0.2, 0.25) is 0 Å². The lowest BCUT2D eigenvalue weighted by molar-refractivity contribution is 0.0987. The van der Waals surface area contributed by atoms with Gasteiger partial charge in [-0.2, -0.15) is 0 Å². The van der Waals surface area contributed by atoms with Crippen LogP contribution in [-0.4, -0.2) is 17.9 Å². The van der Waals surface area contributed by atoms with Crippen LogP contribution in [0, 0.1) is 0 Å². The van der Waals surface area contributed by atoms with E-state index in [9.17, 15) is 4.79 Å². The number of nitrogens with two attached hydrogens (primary N) is 1. The minimum Gasteiger partial charge on any atom is -0.483 e. The maximum atomic E-state index is 13.1. The van der Waals surface area contributed by atoms with Crippen LogP contribution in [0.15, 0.2) is 66.9 Å². The Bertz CT molecular complexity index is 1010. The van der Waals surface area contributed by atoms with Crippen LogP contribution >= 0.6 is 0 Å². The Balaban J connectivity index is 1.51. The molecule has 2 aromatic carbocycles. The Hall–Kier alpha value is -3.18. The Morgan fingerprint density at radius 1 is 1.03 bits per heavy atom. The number of benzene rings is 2. The highest BCUT2D eigenvalue weighted by Gasteiger charge is 2.34. The van der Waals surface area contributed by atoms with Gasteiger partial charge in [0.05, 0.1) is 12.7 Å². The van der Waals surface area contributed by atoms with E-state index in [1.807, 2.05) is 54.6 Å². The molecule has 0 unspecified atom stereocenters. The smallest absolute Gasteiger partial charge is 0.257 e. The summed E-state index contributed by atoms with van der Waals surface area (Å²) in [6, 6.07) is 19.5. The van der Waals surface area contributed by atoms with Crippen LogP contribution in [-0.2, 0) is 18.6 Å². The van der Waals surface area contributed by atoms with Crippen molar-refractivity contribution >= 4 is 5.78 Å². The summed E-state index contributed by atoms with van der Waals surface area (Å²) in [5, 5.41) is 0. The largest absolute Gasteiger partial charge is 0.483 e. The summed E-state index contributed by atoms with van der Waals surface area (Å²) in [4.78, 5) is 17.3. The highest BCUT2D eigenvalue weighted by molar-refractivity contribution is 6.00. The van der Waals surface area contributed by atoms with Crippen LogP contribution in [0.5, 0.6) is 11.6 Å². The van der Waals surface area contributed by atoms with Crippen molar-refractivity contribution in [2.24, 2.45) is 5.73 Å². The molecule has 0 radical (unpaired) electrons. The summed E-state index contributed by atoms with van der Waals surface area (Å²) >= 11 is 0. The van der Waals surface area contributed by atoms with Crippen molar-refractivity contribution in [1.82, 2.24) is 4.98 Å². The maximum Gasteiger partial charge on any atom is 0.257 e. The summed E-state index contributed by atoms with van der Waals surface area (Å²) < 4.78 is 11.3. The van der Waals surface area contributed by atoms with E-state index in [1.54, 1.807) is 12.3 Å². The van der Waals surface area contributed by atoms with E-state index in [4.69, 9.17) is 15.2 Å². The number of aromatic nitrogens is 1. The molecule has 0 amide bonds. The third kappa shape index (κ3) is 4.21. The summed E-state index contributed by atoms with van der Waals surface area (Å²) in [5.74, 6) is 0.639. The molecule has 1 heterocycles. The van der Waals surface area contributed by atoms with Crippen LogP contribution in [0.3, 0.4) is 0 Å². The molecule has 1 aliphatic carbocycles. The first-order valence-electron chi connectivity index (χ1n) is 10.2. The van der Waals surface area contributed by atoms with Crippen molar-refractivity contribution < 1.29 is 14.3 Å².